The van der Waals surface area contributed by atoms with Crippen LogP contribution in [-0.4, -0.2) is 10.9 Å². The van der Waals surface area contributed by atoms with Crippen LogP contribution in [0.25, 0.3) is 0 Å². The second-order valence-corrected chi connectivity index (χ2v) is 2.80. The third kappa shape index (κ3) is 3.68. The maximum atomic E-state index is 11.1. The number of rotatable bonds is 4. The number of nitriles is 1. The molecule has 1 aromatic heterocycles. The molecule has 4 nitrogen and oxygen atoms in total. The summed E-state index contributed by atoms with van der Waals surface area (Å²) >= 11 is 0. The van der Waals surface area contributed by atoms with Crippen molar-refractivity contribution in [2.75, 3.05) is 0 Å². The molecule has 4 heteroatoms. The Bertz CT molecular complexity index is 329. The fourth-order valence-corrected chi connectivity index (χ4v) is 0.961. The SMILES string of the molecule is N#CCCC(=O)NCc1cccnc1. The summed E-state index contributed by atoms with van der Waals surface area (Å²) in [6.45, 7) is 0.470. The first-order valence-corrected chi connectivity index (χ1v) is 4.35. The number of carbonyl (C=O) groups excluding carboxylic acids is 1. The molecule has 1 heterocycles. The van der Waals surface area contributed by atoms with Gasteiger partial charge in [-0.1, -0.05) is 6.07 Å². The lowest BCUT2D eigenvalue weighted by Crippen LogP contribution is -2.22. The highest BCUT2D eigenvalue weighted by Crippen LogP contribution is 1.95. The summed E-state index contributed by atoms with van der Waals surface area (Å²) in [6.07, 6.45) is 3.90. The minimum Gasteiger partial charge on any atom is -0.352 e. The van der Waals surface area contributed by atoms with Gasteiger partial charge in [0.15, 0.2) is 0 Å². The van der Waals surface area contributed by atoms with E-state index in [1.165, 1.54) is 0 Å². The van der Waals surface area contributed by atoms with Crippen LogP contribution in [0.15, 0.2) is 24.5 Å². The predicted octanol–water partition coefficient (Wildman–Crippen LogP) is 1.00. The fraction of sp³-hybridized carbons (Fsp3) is 0.300. The molecular weight excluding hydrogens is 178 g/mol. The molecule has 0 aliphatic rings. The normalized spacial score (nSPS) is 9.07. The van der Waals surface area contributed by atoms with Gasteiger partial charge in [0, 0.05) is 31.8 Å². The van der Waals surface area contributed by atoms with Crippen molar-refractivity contribution < 1.29 is 4.79 Å². The molecule has 0 bridgehead atoms. The van der Waals surface area contributed by atoms with E-state index in [2.05, 4.69) is 10.3 Å². The number of hydrogen-bond donors (Lipinski definition) is 1. The standard InChI is InChI=1S/C10H11N3O/c11-5-1-4-10(14)13-8-9-3-2-6-12-7-9/h2-3,6-7H,1,4,8H2,(H,13,14). The highest BCUT2D eigenvalue weighted by Gasteiger charge is 1.99. The van der Waals surface area contributed by atoms with E-state index in [0.717, 1.165) is 5.56 Å². The molecule has 0 aromatic carbocycles. The highest BCUT2D eigenvalue weighted by molar-refractivity contribution is 5.76. The second-order valence-electron chi connectivity index (χ2n) is 2.80. The van der Waals surface area contributed by atoms with Crippen LogP contribution < -0.4 is 5.32 Å². The summed E-state index contributed by atoms with van der Waals surface area (Å²) in [5, 5.41) is 11.0. The van der Waals surface area contributed by atoms with Crippen molar-refractivity contribution in [1.82, 2.24) is 10.3 Å². The van der Waals surface area contributed by atoms with Gasteiger partial charge in [-0.15, -0.1) is 0 Å². The Labute approximate surface area is 82.6 Å². The molecule has 1 aromatic rings. The van der Waals surface area contributed by atoms with Gasteiger partial charge in [0.05, 0.1) is 6.07 Å². The van der Waals surface area contributed by atoms with Crippen LogP contribution in [-0.2, 0) is 11.3 Å². The zero-order chi connectivity index (χ0) is 10.2. The van der Waals surface area contributed by atoms with Crippen LogP contribution >= 0.6 is 0 Å². The number of nitrogens with zero attached hydrogens (tertiary/aromatic N) is 2. The Morgan fingerprint density at radius 1 is 1.64 bits per heavy atom. The van der Waals surface area contributed by atoms with Gasteiger partial charge in [0.2, 0.25) is 5.91 Å². The predicted molar refractivity (Wildman–Crippen MR) is 50.9 cm³/mol. The molecule has 0 aliphatic heterocycles. The number of aromatic nitrogens is 1. The lowest BCUT2D eigenvalue weighted by Gasteiger charge is -2.02. The quantitative estimate of drug-likeness (QED) is 0.768. The van der Waals surface area contributed by atoms with E-state index in [1.807, 2.05) is 18.2 Å². The van der Waals surface area contributed by atoms with E-state index in [0.29, 0.717) is 6.54 Å². The number of nitrogens with one attached hydrogen (secondary N) is 1. The first-order valence-electron chi connectivity index (χ1n) is 4.35. The van der Waals surface area contributed by atoms with Crippen molar-refractivity contribution in [3.8, 4) is 6.07 Å². The van der Waals surface area contributed by atoms with Gasteiger partial charge in [0.1, 0.15) is 0 Å². The van der Waals surface area contributed by atoms with Gasteiger partial charge in [-0.3, -0.25) is 9.78 Å². The van der Waals surface area contributed by atoms with Crippen LogP contribution in [0.5, 0.6) is 0 Å². The second kappa shape index (κ2) is 5.70. The lowest BCUT2D eigenvalue weighted by atomic mass is 10.2. The molecule has 14 heavy (non-hydrogen) atoms. The van der Waals surface area contributed by atoms with Crippen molar-refractivity contribution in [1.29, 1.82) is 5.26 Å². The maximum Gasteiger partial charge on any atom is 0.221 e. The zero-order valence-corrected chi connectivity index (χ0v) is 7.73. The first-order chi connectivity index (χ1) is 6.83. The van der Waals surface area contributed by atoms with Gasteiger partial charge in [-0.25, -0.2) is 0 Å². The molecule has 0 radical (unpaired) electrons. The molecule has 1 rings (SSSR count). The van der Waals surface area contributed by atoms with E-state index < -0.39 is 0 Å². The molecule has 72 valence electrons. The van der Waals surface area contributed by atoms with Crippen molar-refractivity contribution in [2.45, 2.75) is 19.4 Å². The first kappa shape index (κ1) is 10.2. The zero-order valence-electron chi connectivity index (χ0n) is 7.73. The summed E-state index contributed by atoms with van der Waals surface area (Å²) in [5.41, 5.74) is 0.956. The molecule has 0 spiro atoms. The third-order valence-corrected chi connectivity index (χ3v) is 1.68. The Hall–Kier alpha value is -1.89. The van der Waals surface area contributed by atoms with Gasteiger partial charge in [-0.2, -0.15) is 5.26 Å². The Kier molecular flexibility index (Phi) is 4.15. The van der Waals surface area contributed by atoms with Crippen LogP contribution in [0.3, 0.4) is 0 Å². The topological polar surface area (TPSA) is 65.8 Å². The van der Waals surface area contributed by atoms with E-state index in [-0.39, 0.29) is 18.7 Å². The summed E-state index contributed by atoms with van der Waals surface area (Å²) < 4.78 is 0. The summed E-state index contributed by atoms with van der Waals surface area (Å²) in [7, 11) is 0. The summed E-state index contributed by atoms with van der Waals surface area (Å²) in [4.78, 5) is 15.0. The van der Waals surface area contributed by atoms with E-state index in [1.54, 1.807) is 12.4 Å². The average Bonchev–Trinajstić information content (AvgIpc) is 2.25. The molecule has 0 aliphatic carbocycles. The number of carbonyl (C=O) groups is 1. The lowest BCUT2D eigenvalue weighted by molar-refractivity contribution is -0.121. The highest BCUT2D eigenvalue weighted by atomic mass is 16.1. The molecule has 0 saturated heterocycles. The maximum absolute atomic E-state index is 11.1. The Balaban J connectivity index is 2.28. The summed E-state index contributed by atoms with van der Waals surface area (Å²) in [6, 6.07) is 5.63. The number of pyridine rings is 1. The molecular formula is C10H11N3O. The van der Waals surface area contributed by atoms with Crippen molar-refractivity contribution >= 4 is 5.91 Å². The van der Waals surface area contributed by atoms with Gasteiger partial charge in [-0.05, 0) is 11.6 Å². The molecule has 0 fully saturated rings. The van der Waals surface area contributed by atoms with Crippen LogP contribution in [0, 0.1) is 11.3 Å². The average molecular weight is 189 g/mol. The molecule has 0 saturated carbocycles. The van der Waals surface area contributed by atoms with Crippen molar-refractivity contribution in [3.63, 3.8) is 0 Å². The molecule has 0 unspecified atom stereocenters. The monoisotopic (exact) mass is 189 g/mol. The molecule has 1 amide bonds. The number of hydrogen-bond acceptors (Lipinski definition) is 3. The molecule has 1 N–H and O–H groups in total. The Morgan fingerprint density at radius 2 is 2.50 bits per heavy atom. The molecule has 0 atom stereocenters. The minimum absolute atomic E-state index is 0.101. The van der Waals surface area contributed by atoms with E-state index in [9.17, 15) is 4.79 Å². The smallest absolute Gasteiger partial charge is 0.221 e. The van der Waals surface area contributed by atoms with Gasteiger partial charge >= 0.3 is 0 Å². The van der Waals surface area contributed by atoms with Crippen molar-refractivity contribution in [2.24, 2.45) is 0 Å². The van der Waals surface area contributed by atoms with E-state index >= 15 is 0 Å². The fourth-order valence-electron chi connectivity index (χ4n) is 0.961. The van der Waals surface area contributed by atoms with Crippen molar-refractivity contribution in [3.05, 3.63) is 30.1 Å². The van der Waals surface area contributed by atoms with Crippen LogP contribution in [0.2, 0.25) is 0 Å². The van der Waals surface area contributed by atoms with E-state index in [4.69, 9.17) is 5.26 Å². The van der Waals surface area contributed by atoms with Crippen LogP contribution in [0.4, 0.5) is 0 Å². The minimum atomic E-state index is -0.101. The van der Waals surface area contributed by atoms with Gasteiger partial charge < -0.3 is 5.32 Å². The number of amides is 1. The van der Waals surface area contributed by atoms with Crippen LogP contribution in [0.1, 0.15) is 18.4 Å². The van der Waals surface area contributed by atoms with Gasteiger partial charge in [0.25, 0.3) is 0 Å². The third-order valence-electron chi connectivity index (χ3n) is 1.68. The largest absolute Gasteiger partial charge is 0.352 e. The Morgan fingerprint density at radius 3 is 3.14 bits per heavy atom. The summed E-state index contributed by atoms with van der Waals surface area (Å²) in [5.74, 6) is -0.101.